The average molecular weight is 431 g/mol. The molecule has 0 aliphatic carbocycles. The van der Waals surface area contributed by atoms with Gasteiger partial charge in [-0.3, -0.25) is 4.68 Å². The minimum absolute atomic E-state index is 0.316. The van der Waals surface area contributed by atoms with Gasteiger partial charge in [-0.05, 0) is 48.7 Å². The summed E-state index contributed by atoms with van der Waals surface area (Å²) in [5, 5.41) is 9.32. The van der Waals surface area contributed by atoms with Gasteiger partial charge in [0.2, 0.25) is 5.88 Å². The van der Waals surface area contributed by atoms with Crippen LogP contribution in [0.15, 0.2) is 66.9 Å². The van der Waals surface area contributed by atoms with Gasteiger partial charge in [-0.1, -0.05) is 30.3 Å². The summed E-state index contributed by atoms with van der Waals surface area (Å²) in [6, 6.07) is 20.0. The van der Waals surface area contributed by atoms with Crippen LogP contribution in [-0.2, 0) is 11.3 Å². The van der Waals surface area contributed by atoms with Crippen LogP contribution in [0.1, 0.15) is 18.4 Å². The van der Waals surface area contributed by atoms with Crippen molar-refractivity contribution in [1.29, 1.82) is 0 Å². The first-order chi connectivity index (χ1) is 15.8. The normalized spacial score (nSPS) is 14.4. The number of anilines is 1. The lowest BCUT2D eigenvalue weighted by molar-refractivity contribution is 0.0904. The molecule has 5 rings (SSSR count). The number of pyridine rings is 1. The third kappa shape index (κ3) is 4.38. The molecule has 0 radical (unpaired) electrons. The molecule has 0 bridgehead atoms. The van der Waals surface area contributed by atoms with Crippen molar-refractivity contribution in [1.82, 2.24) is 14.8 Å². The van der Waals surface area contributed by atoms with Crippen molar-refractivity contribution < 1.29 is 14.2 Å². The molecule has 1 N–H and O–H groups in total. The maximum Gasteiger partial charge on any atom is 0.250 e. The van der Waals surface area contributed by atoms with Crippen molar-refractivity contribution in [2.75, 3.05) is 25.6 Å². The number of nitrogens with one attached hydrogen (secondary N) is 1. The van der Waals surface area contributed by atoms with Crippen LogP contribution in [0.4, 0.5) is 5.82 Å². The number of aromatic nitrogens is 3. The van der Waals surface area contributed by atoms with Gasteiger partial charge in [-0.25, -0.2) is 4.98 Å². The largest absolute Gasteiger partial charge is 0.497 e. The number of benzene rings is 2. The van der Waals surface area contributed by atoms with Gasteiger partial charge in [-0.15, -0.1) is 5.10 Å². The summed E-state index contributed by atoms with van der Waals surface area (Å²) >= 11 is 0. The average Bonchev–Trinajstić information content (AvgIpc) is 3.19. The zero-order valence-electron chi connectivity index (χ0n) is 18.0. The van der Waals surface area contributed by atoms with Crippen molar-refractivity contribution in [3.8, 4) is 17.4 Å². The van der Waals surface area contributed by atoms with Crippen molar-refractivity contribution in [3.05, 3.63) is 72.4 Å². The number of hydrogen-bond acceptors (Lipinski definition) is 6. The molecule has 7 nitrogen and oxygen atoms in total. The Morgan fingerprint density at radius 2 is 1.78 bits per heavy atom. The van der Waals surface area contributed by atoms with Crippen LogP contribution in [0, 0.1) is 0 Å². The van der Waals surface area contributed by atoms with Gasteiger partial charge in [0.25, 0.3) is 0 Å². The van der Waals surface area contributed by atoms with E-state index in [4.69, 9.17) is 19.3 Å². The molecule has 4 aromatic rings. The van der Waals surface area contributed by atoms with Gasteiger partial charge >= 0.3 is 0 Å². The first-order valence-corrected chi connectivity index (χ1v) is 10.9. The van der Waals surface area contributed by atoms with E-state index in [1.54, 1.807) is 7.11 Å². The second-order valence-corrected chi connectivity index (χ2v) is 7.81. The van der Waals surface area contributed by atoms with E-state index in [-0.39, 0.29) is 0 Å². The van der Waals surface area contributed by atoms with Crippen LogP contribution in [-0.4, -0.2) is 41.1 Å². The Hall–Kier alpha value is -3.58. The highest BCUT2D eigenvalue weighted by atomic mass is 16.5. The third-order valence-electron chi connectivity index (χ3n) is 5.64. The maximum atomic E-state index is 6.22. The van der Waals surface area contributed by atoms with Crippen molar-refractivity contribution >= 4 is 16.7 Å². The van der Waals surface area contributed by atoms with Gasteiger partial charge in [0.15, 0.2) is 0 Å². The lowest BCUT2D eigenvalue weighted by atomic mass is 10.1. The highest BCUT2D eigenvalue weighted by Crippen LogP contribution is 2.34. The molecule has 2 aromatic carbocycles. The maximum absolute atomic E-state index is 6.22. The zero-order valence-corrected chi connectivity index (χ0v) is 18.0. The number of fused-ring (bicyclic) bond motifs is 1. The van der Waals surface area contributed by atoms with Gasteiger partial charge in [-0.2, -0.15) is 0 Å². The summed E-state index contributed by atoms with van der Waals surface area (Å²) < 4.78 is 19.0. The van der Waals surface area contributed by atoms with Crippen LogP contribution in [0.2, 0.25) is 0 Å². The minimum atomic E-state index is 0.316. The first-order valence-electron chi connectivity index (χ1n) is 10.9. The number of ether oxygens (including phenoxy) is 3. The number of rotatable bonds is 7. The highest BCUT2D eigenvalue weighted by Gasteiger charge is 2.21. The summed E-state index contributed by atoms with van der Waals surface area (Å²) in [7, 11) is 1.67. The van der Waals surface area contributed by atoms with E-state index in [9.17, 15) is 0 Å². The summed E-state index contributed by atoms with van der Waals surface area (Å²) in [4.78, 5) is 4.64. The smallest absolute Gasteiger partial charge is 0.250 e. The number of para-hydroxylation sites is 1. The summed E-state index contributed by atoms with van der Waals surface area (Å²) in [5.41, 5.74) is 2.09. The van der Waals surface area contributed by atoms with Gasteiger partial charge in [0, 0.05) is 25.5 Å². The summed E-state index contributed by atoms with van der Waals surface area (Å²) in [6.45, 7) is 2.13. The van der Waals surface area contributed by atoms with Gasteiger partial charge < -0.3 is 19.5 Å². The quantitative estimate of drug-likeness (QED) is 0.451. The molecular weight excluding hydrogens is 404 g/mol. The molecule has 1 aliphatic rings. The Labute approximate surface area is 186 Å². The molecule has 1 aliphatic heterocycles. The second kappa shape index (κ2) is 9.28. The SMILES string of the molecule is COc1ccc(Cn2nc(Oc3ccccc3)c3c(NC4CCOCC4)nccc32)cc1. The van der Waals surface area contributed by atoms with Crippen LogP contribution in [0.3, 0.4) is 0 Å². The second-order valence-electron chi connectivity index (χ2n) is 7.81. The van der Waals surface area contributed by atoms with Crippen molar-refractivity contribution in [2.45, 2.75) is 25.4 Å². The molecule has 7 heteroatoms. The third-order valence-corrected chi connectivity index (χ3v) is 5.64. The van der Waals surface area contributed by atoms with E-state index in [0.29, 0.717) is 18.5 Å². The molecule has 1 fully saturated rings. The molecule has 164 valence electrons. The molecular formula is C25H26N4O3. The Morgan fingerprint density at radius 3 is 2.53 bits per heavy atom. The Kier molecular flexibility index (Phi) is 5.89. The highest BCUT2D eigenvalue weighted by molar-refractivity contribution is 5.94. The van der Waals surface area contributed by atoms with Crippen molar-refractivity contribution in [2.24, 2.45) is 0 Å². The topological polar surface area (TPSA) is 70.4 Å². The van der Waals surface area contributed by atoms with Crippen LogP contribution >= 0.6 is 0 Å². The Bertz CT molecular complexity index is 1170. The monoisotopic (exact) mass is 430 g/mol. The Balaban J connectivity index is 1.53. The van der Waals surface area contributed by atoms with E-state index in [1.807, 2.05) is 71.5 Å². The molecule has 1 saturated heterocycles. The molecule has 32 heavy (non-hydrogen) atoms. The van der Waals surface area contributed by atoms with Crippen molar-refractivity contribution in [3.63, 3.8) is 0 Å². The van der Waals surface area contributed by atoms with Gasteiger partial charge in [0.1, 0.15) is 22.7 Å². The fourth-order valence-corrected chi connectivity index (χ4v) is 3.93. The van der Waals surface area contributed by atoms with Crippen LogP contribution in [0.25, 0.3) is 10.9 Å². The molecule has 0 spiro atoms. The summed E-state index contributed by atoms with van der Waals surface area (Å²) in [5.74, 6) is 2.91. The fraction of sp³-hybridized carbons (Fsp3) is 0.280. The predicted octanol–water partition coefficient (Wildman–Crippen LogP) is 4.87. The van der Waals surface area contributed by atoms with E-state index < -0.39 is 0 Å². The van der Waals surface area contributed by atoms with E-state index in [1.165, 1.54) is 0 Å². The lowest BCUT2D eigenvalue weighted by Gasteiger charge is -2.23. The standard InChI is InChI=1S/C25H26N4O3/c1-30-20-9-7-18(8-10-20)17-29-22-11-14-26-24(27-19-12-15-31-16-13-19)23(22)25(28-29)32-21-5-3-2-4-6-21/h2-11,14,19H,12-13,15-17H2,1H3,(H,26,27). The molecule has 3 heterocycles. The molecule has 2 aromatic heterocycles. The predicted molar refractivity (Wildman–Crippen MR) is 124 cm³/mol. The zero-order chi connectivity index (χ0) is 21.8. The molecule has 0 unspecified atom stereocenters. The van der Waals surface area contributed by atoms with E-state index >= 15 is 0 Å². The fourth-order valence-electron chi connectivity index (χ4n) is 3.93. The molecule has 0 amide bonds. The van der Waals surface area contributed by atoms with Crippen LogP contribution < -0.4 is 14.8 Å². The first kappa shape index (κ1) is 20.3. The number of nitrogens with zero attached hydrogens (tertiary/aromatic N) is 3. The lowest BCUT2D eigenvalue weighted by Crippen LogP contribution is -2.28. The number of methoxy groups -OCH3 is 1. The molecule has 0 atom stereocenters. The van der Waals surface area contributed by atoms with E-state index in [0.717, 1.165) is 59.8 Å². The molecule has 0 saturated carbocycles. The minimum Gasteiger partial charge on any atom is -0.497 e. The van der Waals surface area contributed by atoms with Gasteiger partial charge in [0.05, 0.1) is 19.2 Å². The van der Waals surface area contributed by atoms with Crippen LogP contribution in [0.5, 0.6) is 17.4 Å². The summed E-state index contributed by atoms with van der Waals surface area (Å²) in [6.07, 6.45) is 3.72. The Morgan fingerprint density at radius 1 is 1.00 bits per heavy atom. The number of hydrogen-bond donors (Lipinski definition) is 1. The van der Waals surface area contributed by atoms with E-state index in [2.05, 4.69) is 10.3 Å².